The number of sulfone groups is 1. The minimum Gasteiger partial charge on any atom is -0.382 e. The predicted molar refractivity (Wildman–Crippen MR) is 118 cm³/mol. The number of halogens is 1. The average Bonchev–Trinajstić information content (AvgIpc) is 3.10. The first kappa shape index (κ1) is 25.0. The maximum absolute atomic E-state index is 13.4. The first-order valence-electron chi connectivity index (χ1n) is 10.5. The quantitative estimate of drug-likeness (QED) is 0.444. The van der Waals surface area contributed by atoms with Gasteiger partial charge in [-0.25, -0.2) is 18.4 Å². The first-order valence-corrected chi connectivity index (χ1v) is 12.5. The number of aromatic nitrogens is 5. The van der Waals surface area contributed by atoms with Crippen LogP contribution in [-0.4, -0.2) is 72.9 Å². The second-order valence-corrected chi connectivity index (χ2v) is 10.8. The van der Waals surface area contributed by atoms with Gasteiger partial charge in [0.2, 0.25) is 0 Å². The van der Waals surface area contributed by atoms with E-state index < -0.39 is 21.2 Å². The van der Waals surface area contributed by atoms with E-state index in [1.807, 2.05) is 4.57 Å². The average molecular weight is 488 g/mol. The maximum Gasteiger partial charge on any atom is 0.163 e. The Hall–Kier alpha value is -1.66. The monoisotopic (exact) mass is 487 g/mol. The van der Waals surface area contributed by atoms with Gasteiger partial charge in [0, 0.05) is 39.6 Å². The molecule has 32 heavy (non-hydrogen) atoms. The Morgan fingerprint density at radius 1 is 1.12 bits per heavy atom. The fourth-order valence-corrected chi connectivity index (χ4v) is 5.36. The molecule has 0 radical (unpaired) electrons. The number of methoxy groups -OCH3 is 3. The lowest BCUT2D eigenvalue weighted by Crippen LogP contribution is -2.31. The van der Waals surface area contributed by atoms with Gasteiger partial charge in [-0.3, -0.25) is 0 Å². The van der Waals surface area contributed by atoms with E-state index in [1.54, 1.807) is 21.1 Å². The summed E-state index contributed by atoms with van der Waals surface area (Å²) in [6, 6.07) is -0.228. The topological polar surface area (TPSA) is 118 Å². The van der Waals surface area contributed by atoms with Crippen LogP contribution in [0.1, 0.15) is 61.7 Å². The van der Waals surface area contributed by atoms with Crippen LogP contribution in [0.4, 0.5) is 0 Å². The van der Waals surface area contributed by atoms with E-state index >= 15 is 0 Å². The molecule has 0 bridgehead atoms. The van der Waals surface area contributed by atoms with Crippen LogP contribution in [0.3, 0.4) is 0 Å². The van der Waals surface area contributed by atoms with Gasteiger partial charge in [0.15, 0.2) is 15.7 Å². The van der Waals surface area contributed by atoms with Gasteiger partial charge in [0.05, 0.1) is 29.5 Å². The van der Waals surface area contributed by atoms with Gasteiger partial charge < -0.3 is 18.8 Å². The molecule has 0 spiro atoms. The molecule has 2 aromatic rings. The summed E-state index contributed by atoms with van der Waals surface area (Å²) >= 11 is 5.86. The normalized spacial score (nSPS) is 16.8. The van der Waals surface area contributed by atoms with Crippen molar-refractivity contribution in [1.82, 2.24) is 24.7 Å². The number of rotatable bonds is 12. The Morgan fingerprint density at radius 3 is 2.25 bits per heavy atom. The number of hydrogen-bond acceptors (Lipinski definition) is 9. The van der Waals surface area contributed by atoms with Crippen LogP contribution >= 0.6 is 11.6 Å². The second kappa shape index (κ2) is 11.0. The van der Waals surface area contributed by atoms with Crippen LogP contribution in [-0.2, 0) is 29.8 Å². The first-order chi connectivity index (χ1) is 15.3. The van der Waals surface area contributed by atoms with Gasteiger partial charge in [0.1, 0.15) is 23.5 Å². The van der Waals surface area contributed by atoms with Gasteiger partial charge in [-0.1, -0.05) is 18.0 Å². The molecule has 1 aliphatic rings. The molecule has 0 N–H and O–H groups in total. The van der Waals surface area contributed by atoms with Crippen LogP contribution in [0, 0.1) is 0 Å². The van der Waals surface area contributed by atoms with Crippen molar-refractivity contribution in [2.75, 3.05) is 34.5 Å². The zero-order valence-electron chi connectivity index (χ0n) is 18.8. The lowest BCUT2D eigenvalue weighted by Gasteiger charge is -2.29. The van der Waals surface area contributed by atoms with Crippen molar-refractivity contribution in [3.8, 4) is 0 Å². The summed E-state index contributed by atoms with van der Waals surface area (Å²) in [6.45, 7) is 2.29. The van der Waals surface area contributed by atoms with Gasteiger partial charge >= 0.3 is 0 Å². The molecule has 178 valence electrons. The summed E-state index contributed by atoms with van der Waals surface area (Å²) in [7, 11) is 0.919. The Balaban J connectivity index is 1.91. The molecule has 3 rings (SSSR count). The van der Waals surface area contributed by atoms with E-state index in [9.17, 15) is 8.42 Å². The summed E-state index contributed by atoms with van der Waals surface area (Å²) in [5, 5.41) is 8.08. The Bertz CT molecular complexity index is 975. The Morgan fingerprint density at radius 2 is 1.75 bits per heavy atom. The van der Waals surface area contributed by atoms with Crippen LogP contribution in [0.25, 0.3) is 0 Å². The summed E-state index contributed by atoms with van der Waals surface area (Å²) in [4.78, 5) is 8.27. The highest BCUT2D eigenvalue weighted by molar-refractivity contribution is 7.91. The van der Waals surface area contributed by atoms with Crippen LogP contribution in [0.15, 0.2) is 12.4 Å². The molecule has 0 aromatic carbocycles. The van der Waals surface area contributed by atoms with Gasteiger partial charge in [0.25, 0.3) is 0 Å². The maximum atomic E-state index is 13.4. The van der Waals surface area contributed by atoms with Crippen molar-refractivity contribution in [2.24, 2.45) is 0 Å². The highest BCUT2D eigenvalue weighted by Crippen LogP contribution is 2.37. The minimum atomic E-state index is -3.71. The summed E-state index contributed by atoms with van der Waals surface area (Å²) in [6.07, 6.45) is 5.11. The Labute approximate surface area is 193 Å². The molecule has 2 heterocycles. The molecule has 12 heteroatoms. The second-order valence-electron chi connectivity index (χ2n) is 7.96. The largest absolute Gasteiger partial charge is 0.382 e. The van der Waals surface area contributed by atoms with Crippen molar-refractivity contribution in [1.29, 1.82) is 0 Å². The predicted octanol–water partition coefficient (Wildman–Crippen LogP) is 2.51. The van der Waals surface area contributed by atoms with Crippen LogP contribution < -0.4 is 0 Å². The molecule has 2 aromatic heterocycles. The highest BCUT2D eigenvalue weighted by atomic mass is 35.5. The number of hydrogen-bond donors (Lipinski definition) is 0. The third-order valence-electron chi connectivity index (χ3n) is 5.82. The molecule has 1 saturated carbocycles. The molecule has 1 aliphatic carbocycles. The van der Waals surface area contributed by atoms with E-state index in [2.05, 4.69) is 20.2 Å². The van der Waals surface area contributed by atoms with Crippen molar-refractivity contribution in [3.05, 3.63) is 34.9 Å². The SMILES string of the molecule is COCC(COC)n1c(CS(=O)(=O)[C@@H](C)[C@H](OC)c2ncc(Cl)cn2)nnc1C1CCC1. The fourth-order valence-electron chi connectivity index (χ4n) is 3.84. The van der Waals surface area contributed by atoms with Gasteiger partial charge in [-0.2, -0.15) is 0 Å². The van der Waals surface area contributed by atoms with E-state index in [4.69, 9.17) is 25.8 Å². The highest BCUT2D eigenvalue weighted by Gasteiger charge is 2.36. The van der Waals surface area contributed by atoms with Crippen molar-refractivity contribution >= 4 is 21.4 Å². The molecule has 10 nitrogen and oxygen atoms in total. The van der Waals surface area contributed by atoms with Crippen molar-refractivity contribution < 1.29 is 22.6 Å². The molecule has 0 unspecified atom stereocenters. The molecular formula is C20H30ClN5O5S. The smallest absolute Gasteiger partial charge is 0.163 e. The zero-order valence-corrected chi connectivity index (χ0v) is 20.3. The lowest BCUT2D eigenvalue weighted by atomic mass is 9.84. The lowest BCUT2D eigenvalue weighted by molar-refractivity contribution is 0.0854. The van der Waals surface area contributed by atoms with E-state index in [0.29, 0.717) is 24.1 Å². The standard InChI is InChI=1S/C20H30ClN5O5S/c1-13(18(31-4)19-22-8-15(21)9-23-19)32(27,28)12-17-24-25-20(14-6-5-7-14)26(17)16(10-29-2)11-30-3/h8-9,13-14,16,18H,5-7,10-12H2,1-4H3/t13-,18-/m0/s1. The molecular weight excluding hydrogens is 458 g/mol. The molecule has 0 aliphatic heterocycles. The third kappa shape index (κ3) is 5.45. The van der Waals surface area contributed by atoms with Crippen LogP contribution in [0.5, 0.6) is 0 Å². The zero-order chi connectivity index (χ0) is 23.3. The minimum absolute atomic E-state index is 0.228. The molecule has 1 fully saturated rings. The van der Waals surface area contributed by atoms with Crippen molar-refractivity contribution in [3.63, 3.8) is 0 Å². The van der Waals surface area contributed by atoms with Crippen LogP contribution in [0.2, 0.25) is 5.02 Å². The fraction of sp³-hybridized carbons (Fsp3) is 0.700. The summed E-state index contributed by atoms with van der Waals surface area (Å²) in [5.74, 6) is 1.37. The summed E-state index contributed by atoms with van der Waals surface area (Å²) < 4.78 is 44.9. The van der Waals surface area contributed by atoms with Gasteiger partial charge in [-0.05, 0) is 19.8 Å². The molecule has 2 atom stereocenters. The number of nitrogens with zero attached hydrogens (tertiary/aromatic N) is 5. The summed E-state index contributed by atoms with van der Waals surface area (Å²) in [5.41, 5.74) is 0. The van der Waals surface area contributed by atoms with E-state index in [0.717, 1.165) is 25.1 Å². The Kier molecular flexibility index (Phi) is 8.56. The molecule has 0 amide bonds. The third-order valence-corrected chi connectivity index (χ3v) is 8.05. The number of ether oxygens (including phenoxy) is 3. The van der Waals surface area contributed by atoms with Crippen molar-refractivity contribution in [2.45, 2.75) is 55.3 Å². The van der Waals surface area contributed by atoms with E-state index in [1.165, 1.54) is 19.5 Å². The molecule has 0 saturated heterocycles. The van der Waals surface area contributed by atoms with Gasteiger partial charge in [-0.15, -0.1) is 10.2 Å². The van der Waals surface area contributed by atoms with E-state index in [-0.39, 0.29) is 23.5 Å².